The molecule has 94 valence electrons. The number of rotatable bonds is 3. The van der Waals surface area contributed by atoms with E-state index in [1.807, 2.05) is 0 Å². The van der Waals surface area contributed by atoms with Crippen molar-refractivity contribution in [3.63, 3.8) is 0 Å². The van der Waals surface area contributed by atoms with E-state index in [4.69, 9.17) is 11.6 Å². The molecule has 0 spiro atoms. The first-order chi connectivity index (χ1) is 8.51. The monoisotopic (exact) mass is 302 g/mol. The molecule has 5 nitrogen and oxygen atoms in total. The zero-order valence-electron chi connectivity index (χ0n) is 9.18. The average molecular weight is 303 g/mol. The van der Waals surface area contributed by atoms with Gasteiger partial charge in [0.05, 0.1) is 10.1 Å². The van der Waals surface area contributed by atoms with E-state index in [-0.39, 0.29) is 6.54 Å². The molecule has 0 fully saturated rings. The number of hydrogen-bond acceptors (Lipinski definition) is 6. The van der Waals surface area contributed by atoms with Crippen LogP contribution in [0.15, 0.2) is 21.3 Å². The predicted octanol–water partition coefficient (Wildman–Crippen LogP) is 2.81. The molecule has 0 aliphatic rings. The molecule has 1 heterocycles. The summed E-state index contributed by atoms with van der Waals surface area (Å²) in [5, 5.41) is 11.3. The Morgan fingerprint density at radius 3 is 2.89 bits per heavy atom. The summed E-state index contributed by atoms with van der Waals surface area (Å²) in [6.07, 6.45) is 1.80. The third kappa shape index (κ3) is 2.63. The summed E-state index contributed by atoms with van der Waals surface area (Å²) in [7, 11) is 0. The summed E-state index contributed by atoms with van der Waals surface area (Å²) in [5.74, 6) is 0. The van der Waals surface area contributed by atoms with Crippen LogP contribution in [0.3, 0.4) is 0 Å². The normalized spacial score (nSPS) is 10.8. The molecule has 0 saturated heterocycles. The molecule has 0 N–H and O–H groups in total. The summed E-state index contributed by atoms with van der Waals surface area (Å²) in [6.45, 7) is -0.356. The number of hydrogen-bond donors (Lipinski definition) is 0. The van der Waals surface area contributed by atoms with E-state index < -0.39 is 10.5 Å². The molecule has 0 bridgehead atoms. The molecule has 8 heteroatoms. The lowest BCUT2D eigenvalue weighted by Gasteiger charge is -2.04. The van der Waals surface area contributed by atoms with Gasteiger partial charge in [0, 0.05) is 15.5 Å². The van der Waals surface area contributed by atoms with Gasteiger partial charge in [-0.15, -0.1) is 11.3 Å². The van der Waals surface area contributed by atoms with E-state index in [0.717, 1.165) is 0 Å². The van der Waals surface area contributed by atoms with Crippen molar-refractivity contribution >= 4 is 44.8 Å². The molecule has 0 aliphatic heterocycles. The highest BCUT2D eigenvalue weighted by Crippen LogP contribution is 2.29. The summed E-state index contributed by atoms with van der Waals surface area (Å²) in [5.41, 5.74) is 0.0440. The highest BCUT2D eigenvalue weighted by molar-refractivity contribution is 8.00. The average Bonchev–Trinajstić information content (AvgIpc) is 2.29. The van der Waals surface area contributed by atoms with Gasteiger partial charge in [-0.3, -0.25) is 14.9 Å². The Hall–Kier alpha value is -1.18. The molecule has 0 radical (unpaired) electrons. The summed E-state index contributed by atoms with van der Waals surface area (Å²) in [4.78, 5) is 25.9. The fraction of sp³-hybridized carbons (Fsp3) is 0.200. The van der Waals surface area contributed by atoms with Crippen molar-refractivity contribution in [1.82, 2.24) is 4.98 Å². The lowest BCUT2D eigenvalue weighted by Crippen LogP contribution is -2.08. The third-order valence-electron chi connectivity index (χ3n) is 2.22. The van der Waals surface area contributed by atoms with Crippen molar-refractivity contribution < 1.29 is 4.92 Å². The van der Waals surface area contributed by atoms with Gasteiger partial charge in [-0.1, -0.05) is 23.4 Å². The van der Waals surface area contributed by atoms with Crippen LogP contribution in [0, 0.1) is 10.1 Å². The molecule has 0 aliphatic carbocycles. The van der Waals surface area contributed by atoms with Gasteiger partial charge in [-0.2, -0.15) is 4.98 Å². The summed E-state index contributed by atoms with van der Waals surface area (Å²) in [6, 6.07) is 3.02. The van der Waals surface area contributed by atoms with Crippen molar-refractivity contribution in [2.24, 2.45) is 0 Å². The zero-order chi connectivity index (χ0) is 13.3. The third-order valence-corrected chi connectivity index (χ3v) is 4.58. The summed E-state index contributed by atoms with van der Waals surface area (Å²) < 4.78 is 1.17. The van der Waals surface area contributed by atoms with Crippen molar-refractivity contribution in [3.8, 4) is 0 Å². The Balaban J connectivity index is 2.79. The lowest BCUT2D eigenvalue weighted by atomic mass is 10.2. The first-order valence-corrected chi connectivity index (χ1v) is 7.22. The van der Waals surface area contributed by atoms with Gasteiger partial charge in [-0.25, -0.2) is 0 Å². The van der Waals surface area contributed by atoms with E-state index in [2.05, 4.69) is 4.98 Å². The number of nitrogens with zero attached hydrogens (tertiary/aromatic N) is 2. The van der Waals surface area contributed by atoms with Crippen molar-refractivity contribution in [3.05, 3.63) is 43.2 Å². The van der Waals surface area contributed by atoms with Gasteiger partial charge in [0.15, 0.2) is 4.34 Å². The first-order valence-electron chi connectivity index (χ1n) is 4.80. The van der Waals surface area contributed by atoms with Crippen LogP contribution in [0.5, 0.6) is 0 Å². The Morgan fingerprint density at radius 2 is 2.28 bits per heavy atom. The molecule has 0 unspecified atom stereocenters. The van der Waals surface area contributed by atoms with E-state index in [9.17, 15) is 14.9 Å². The van der Waals surface area contributed by atoms with Crippen LogP contribution in [0.2, 0.25) is 5.02 Å². The maximum absolute atomic E-state index is 11.8. The fourth-order valence-electron chi connectivity index (χ4n) is 1.53. The van der Waals surface area contributed by atoms with Gasteiger partial charge in [0.2, 0.25) is 6.54 Å². The van der Waals surface area contributed by atoms with Crippen LogP contribution in [-0.4, -0.2) is 16.2 Å². The minimum Gasteiger partial charge on any atom is -0.267 e. The maximum atomic E-state index is 11.8. The minimum atomic E-state index is -0.443. The van der Waals surface area contributed by atoms with Crippen LogP contribution < -0.4 is 5.56 Å². The first kappa shape index (κ1) is 13.3. The van der Waals surface area contributed by atoms with E-state index in [1.165, 1.54) is 35.2 Å². The number of nitro groups is 1. The Kier molecular flexibility index (Phi) is 3.84. The van der Waals surface area contributed by atoms with Crippen molar-refractivity contribution in [2.45, 2.75) is 10.9 Å². The molecular weight excluding hydrogens is 296 g/mol. The largest absolute Gasteiger partial charge is 0.280 e. The lowest BCUT2D eigenvalue weighted by molar-refractivity contribution is -0.496. The highest BCUT2D eigenvalue weighted by Gasteiger charge is 2.13. The molecule has 1 aromatic carbocycles. The van der Waals surface area contributed by atoms with Gasteiger partial charge in [0.1, 0.15) is 0 Å². The fourth-order valence-corrected chi connectivity index (χ4v) is 3.34. The molecule has 18 heavy (non-hydrogen) atoms. The predicted molar refractivity (Wildman–Crippen MR) is 73.4 cm³/mol. The molecule has 2 aromatic rings. The van der Waals surface area contributed by atoms with Crippen LogP contribution in [-0.2, 0) is 6.54 Å². The smallest absolute Gasteiger partial charge is 0.267 e. The second-order valence-corrected chi connectivity index (χ2v) is 5.91. The minimum absolute atomic E-state index is 0.308. The Bertz CT molecular complexity index is 687. The van der Waals surface area contributed by atoms with E-state index >= 15 is 0 Å². The van der Waals surface area contributed by atoms with Crippen LogP contribution in [0.1, 0.15) is 5.56 Å². The number of thioether (sulfide) groups is 1. The van der Waals surface area contributed by atoms with Crippen molar-refractivity contribution in [1.29, 1.82) is 0 Å². The summed E-state index contributed by atoms with van der Waals surface area (Å²) >= 11 is 8.46. The number of benzene rings is 1. The highest BCUT2D eigenvalue weighted by atomic mass is 35.5. The molecular formula is C10H7ClN2O3S2. The van der Waals surface area contributed by atoms with Gasteiger partial charge >= 0.3 is 0 Å². The van der Waals surface area contributed by atoms with Crippen LogP contribution >= 0.6 is 34.7 Å². The SMILES string of the molecule is CSc1nc(=O)c2cc(Cl)cc(C[N+](=O)[O-])c2s1. The second kappa shape index (κ2) is 5.21. The number of aromatic nitrogens is 1. The number of halogens is 1. The van der Waals surface area contributed by atoms with Gasteiger partial charge in [0.25, 0.3) is 5.56 Å². The maximum Gasteiger partial charge on any atom is 0.280 e. The van der Waals surface area contributed by atoms with Crippen LogP contribution in [0.4, 0.5) is 0 Å². The Morgan fingerprint density at radius 1 is 1.56 bits per heavy atom. The van der Waals surface area contributed by atoms with Gasteiger partial charge in [-0.05, 0) is 18.4 Å². The van der Waals surface area contributed by atoms with Crippen molar-refractivity contribution in [2.75, 3.05) is 6.26 Å². The quantitative estimate of drug-likeness (QED) is 0.495. The number of fused-ring (bicyclic) bond motifs is 1. The zero-order valence-corrected chi connectivity index (χ0v) is 11.6. The molecule has 0 saturated carbocycles. The van der Waals surface area contributed by atoms with Gasteiger partial charge < -0.3 is 0 Å². The standard InChI is InChI=1S/C10H7ClN2O3S2/c1-17-10-12-9(14)7-3-6(11)2-5(4-13(15)16)8(7)18-10/h2-3H,4H2,1H3. The Labute approximate surface area is 115 Å². The second-order valence-electron chi connectivity index (χ2n) is 3.42. The molecule has 0 amide bonds. The van der Waals surface area contributed by atoms with E-state index in [1.54, 1.807) is 6.26 Å². The molecule has 1 aromatic heterocycles. The van der Waals surface area contributed by atoms with Crippen LogP contribution in [0.25, 0.3) is 10.1 Å². The topological polar surface area (TPSA) is 73.1 Å². The molecule has 0 atom stereocenters. The van der Waals surface area contributed by atoms with E-state index in [0.29, 0.717) is 25.0 Å². The molecule has 2 rings (SSSR count).